The lowest BCUT2D eigenvalue weighted by molar-refractivity contribution is 0.0785. The van der Waals surface area contributed by atoms with Crippen molar-refractivity contribution in [3.8, 4) is 22.7 Å². The Labute approximate surface area is 205 Å². The average Bonchev–Trinajstić information content (AvgIpc) is 3.34. The summed E-state index contributed by atoms with van der Waals surface area (Å²) in [7, 11) is 4.96. The molecule has 3 aromatic carbocycles. The van der Waals surface area contributed by atoms with E-state index in [2.05, 4.69) is 5.32 Å². The largest absolute Gasteiger partial charge is 0.497 e. The van der Waals surface area contributed by atoms with Gasteiger partial charge in [0.25, 0.3) is 11.8 Å². The van der Waals surface area contributed by atoms with Crippen LogP contribution in [0.5, 0.6) is 5.75 Å². The molecule has 0 saturated carbocycles. The fraction of sp³-hybridized carbons (Fsp3) is 0.179. The monoisotopic (exact) mass is 468 g/mol. The number of aryl methyl sites for hydroxylation is 1. The van der Waals surface area contributed by atoms with E-state index in [9.17, 15) is 9.59 Å². The van der Waals surface area contributed by atoms with Gasteiger partial charge < -0.3 is 15.0 Å². The topological polar surface area (TPSA) is 76.5 Å². The number of amides is 2. The molecule has 0 bridgehead atoms. The van der Waals surface area contributed by atoms with E-state index in [1.165, 1.54) is 0 Å². The van der Waals surface area contributed by atoms with Gasteiger partial charge in [-0.15, -0.1) is 0 Å². The smallest absolute Gasteiger partial charge is 0.257 e. The van der Waals surface area contributed by atoms with Gasteiger partial charge in [0.05, 0.1) is 18.4 Å². The maximum atomic E-state index is 13.6. The molecule has 0 aliphatic heterocycles. The van der Waals surface area contributed by atoms with Crippen LogP contribution in [-0.4, -0.2) is 47.7 Å². The summed E-state index contributed by atoms with van der Waals surface area (Å²) in [6, 6.07) is 22.7. The van der Waals surface area contributed by atoms with Gasteiger partial charge in [-0.05, 0) is 48.9 Å². The summed E-state index contributed by atoms with van der Waals surface area (Å²) < 4.78 is 7.11. The normalized spacial score (nSPS) is 10.6. The Hall–Kier alpha value is -4.39. The Morgan fingerprint density at radius 1 is 1.03 bits per heavy atom. The van der Waals surface area contributed by atoms with E-state index < -0.39 is 0 Å². The summed E-state index contributed by atoms with van der Waals surface area (Å²) in [6.45, 7) is 2.42. The number of hydrogen-bond acceptors (Lipinski definition) is 4. The first-order valence-corrected chi connectivity index (χ1v) is 11.3. The van der Waals surface area contributed by atoms with Crippen LogP contribution in [-0.2, 0) is 6.54 Å². The molecular formula is C28H28N4O3. The van der Waals surface area contributed by atoms with Crippen LogP contribution in [0.15, 0.2) is 79.0 Å². The number of aromatic nitrogens is 2. The van der Waals surface area contributed by atoms with Crippen LogP contribution in [0.4, 0.5) is 0 Å². The number of rotatable bonds is 7. The molecule has 1 N–H and O–H groups in total. The van der Waals surface area contributed by atoms with Crippen LogP contribution < -0.4 is 10.1 Å². The van der Waals surface area contributed by atoms with Crippen molar-refractivity contribution in [3.63, 3.8) is 0 Å². The Bertz CT molecular complexity index is 1340. The van der Waals surface area contributed by atoms with Gasteiger partial charge in [-0.25, -0.2) is 4.68 Å². The van der Waals surface area contributed by atoms with Crippen molar-refractivity contribution in [1.82, 2.24) is 20.0 Å². The molecule has 0 fully saturated rings. The van der Waals surface area contributed by atoms with Crippen LogP contribution in [0.25, 0.3) is 16.9 Å². The zero-order valence-corrected chi connectivity index (χ0v) is 20.3. The van der Waals surface area contributed by atoms with Gasteiger partial charge in [0.2, 0.25) is 0 Å². The van der Waals surface area contributed by atoms with Crippen molar-refractivity contribution in [3.05, 3.63) is 101 Å². The van der Waals surface area contributed by atoms with Gasteiger partial charge in [-0.3, -0.25) is 9.59 Å². The Kier molecular flexibility index (Phi) is 6.96. The van der Waals surface area contributed by atoms with E-state index in [0.717, 1.165) is 22.4 Å². The summed E-state index contributed by atoms with van der Waals surface area (Å²) in [5.74, 6) is 0.388. The van der Waals surface area contributed by atoms with E-state index in [0.29, 0.717) is 29.1 Å². The fourth-order valence-electron chi connectivity index (χ4n) is 3.80. The quantitative estimate of drug-likeness (QED) is 0.434. The van der Waals surface area contributed by atoms with E-state index in [4.69, 9.17) is 9.84 Å². The number of benzene rings is 3. The first kappa shape index (κ1) is 23.8. The molecule has 0 spiro atoms. The standard InChI is InChI=1S/C28H28N4O3/c1-19-8-14-23(15-9-19)32-18-25(26(30-32)22-6-5-7-24(16-22)35-4)28(34)31(3)17-20-10-12-21(13-11-20)27(33)29-2/h5-16,18H,17H2,1-4H3,(H,29,33). The zero-order valence-electron chi connectivity index (χ0n) is 20.3. The third-order valence-electron chi connectivity index (χ3n) is 5.80. The Morgan fingerprint density at radius 3 is 2.40 bits per heavy atom. The number of nitrogens with one attached hydrogen (secondary N) is 1. The number of hydrogen-bond donors (Lipinski definition) is 1. The van der Waals surface area contributed by atoms with Gasteiger partial charge >= 0.3 is 0 Å². The summed E-state index contributed by atoms with van der Waals surface area (Å²) in [5, 5.41) is 7.38. The molecule has 7 heteroatoms. The molecule has 0 atom stereocenters. The third-order valence-corrected chi connectivity index (χ3v) is 5.80. The van der Waals surface area contributed by atoms with Crippen molar-refractivity contribution in [2.45, 2.75) is 13.5 Å². The van der Waals surface area contributed by atoms with E-state index in [1.54, 1.807) is 49.1 Å². The molecule has 0 radical (unpaired) electrons. The van der Waals surface area contributed by atoms with Gasteiger partial charge in [0, 0.05) is 38.0 Å². The number of carbonyl (C=O) groups excluding carboxylic acids is 2. The van der Waals surface area contributed by atoms with Crippen molar-refractivity contribution < 1.29 is 14.3 Å². The molecule has 178 valence electrons. The van der Waals surface area contributed by atoms with Crippen LogP contribution >= 0.6 is 0 Å². The third kappa shape index (κ3) is 5.24. The first-order chi connectivity index (χ1) is 16.9. The Morgan fingerprint density at radius 2 is 1.74 bits per heavy atom. The minimum atomic E-state index is -0.156. The van der Waals surface area contributed by atoms with E-state index in [-0.39, 0.29) is 11.8 Å². The lowest BCUT2D eigenvalue weighted by atomic mass is 10.1. The predicted molar refractivity (Wildman–Crippen MR) is 136 cm³/mol. The second-order valence-electron chi connectivity index (χ2n) is 8.34. The molecule has 0 aliphatic rings. The van der Waals surface area contributed by atoms with Crippen molar-refractivity contribution in [2.24, 2.45) is 0 Å². The minimum absolute atomic E-state index is 0.146. The van der Waals surface area contributed by atoms with Gasteiger partial charge in [0.1, 0.15) is 11.4 Å². The highest BCUT2D eigenvalue weighted by Gasteiger charge is 2.22. The predicted octanol–water partition coefficient (Wildman–Crippen LogP) is 4.49. The molecule has 1 aromatic heterocycles. The molecule has 2 amide bonds. The number of nitrogens with zero attached hydrogens (tertiary/aromatic N) is 3. The summed E-state index contributed by atoms with van der Waals surface area (Å²) >= 11 is 0. The SMILES string of the molecule is CNC(=O)c1ccc(CN(C)C(=O)c2cn(-c3ccc(C)cc3)nc2-c2cccc(OC)c2)cc1. The second-order valence-corrected chi connectivity index (χ2v) is 8.34. The van der Waals surface area contributed by atoms with E-state index in [1.807, 2.05) is 67.6 Å². The fourth-order valence-corrected chi connectivity index (χ4v) is 3.80. The lowest BCUT2D eigenvalue weighted by Crippen LogP contribution is -2.26. The minimum Gasteiger partial charge on any atom is -0.497 e. The summed E-state index contributed by atoms with van der Waals surface area (Å²) in [5.41, 5.74) is 5.37. The number of carbonyl (C=O) groups is 2. The highest BCUT2D eigenvalue weighted by atomic mass is 16.5. The average molecular weight is 469 g/mol. The molecule has 1 heterocycles. The molecule has 35 heavy (non-hydrogen) atoms. The summed E-state index contributed by atoms with van der Waals surface area (Å²) in [6.07, 6.45) is 1.77. The van der Waals surface area contributed by atoms with Crippen LogP contribution in [0.2, 0.25) is 0 Å². The second kappa shape index (κ2) is 10.3. The molecule has 4 aromatic rings. The van der Waals surface area contributed by atoms with Crippen LogP contribution in [0.1, 0.15) is 31.8 Å². The van der Waals surface area contributed by atoms with Crippen molar-refractivity contribution >= 4 is 11.8 Å². The lowest BCUT2D eigenvalue weighted by Gasteiger charge is -2.17. The van der Waals surface area contributed by atoms with Crippen LogP contribution in [0.3, 0.4) is 0 Å². The molecule has 0 saturated heterocycles. The Balaban J connectivity index is 1.67. The zero-order chi connectivity index (χ0) is 24.9. The maximum absolute atomic E-state index is 13.6. The van der Waals surface area contributed by atoms with Gasteiger partial charge in [-0.2, -0.15) is 5.10 Å². The highest BCUT2D eigenvalue weighted by Crippen LogP contribution is 2.28. The highest BCUT2D eigenvalue weighted by molar-refractivity contribution is 6.00. The first-order valence-electron chi connectivity index (χ1n) is 11.3. The van der Waals surface area contributed by atoms with Crippen LogP contribution in [0, 0.1) is 6.92 Å². The molecule has 7 nitrogen and oxygen atoms in total. The molecule has 4 rings (SSSR count). The molecule has 0 unspecified atom stereocenters. The van der Waals surface area contributed by atoms with Gasteiger partial charge in [0.15, 0.2) is 0 Å². The summed E-state index contributed by atoms with van der Waals surface area (Å²) in [4.78, 5) is 27.0. The maximum Gasteiger partial charge on any atom is 0.257 e. The van der Waals surface area contributed by atoms with Crippen molar-refractivity contribution in [1.29, 1.82) is 0 Å². The molecule has 0 aliphatic carbocycles. The molecular weight excluding hydrogens is 440 g/mol. The van der Waals surface area contributed by atoms with Gasteiger partial charge in [-0.1, -0.05) is 42.0 Å². The van der Waals surface area contributed by atoms with E-state index >= 15 is 0 Å². The number of ether oxygens (including phenoxy) is 1. The number of methoxy groups -OCH3 is 1. The van der Waals surface area contributed by atoms with Crippen molar-refractivity contribution in [2.75, 3.05) is 21.2 Å².